The second kappa shape index (κ2) is 3.10. The van der Waals surface area contributed by atoms with Gasteiger partial charge in [0.1, 0.15) is 11.4 Å². The smallest absolute Gasteiger partial charge is 0.156 e. The van der Waals surface area contributed by atoms with Crippen molar-refractivity contribution in [3.05, 3.63) is 23.7 Å². The first-order chi connectivity index (χ1) is 6.29. The number of hydrogen-bond donors (Lipinski definition) is 0. The lowest BCUT2D eigenvalue weighted by molar-refractivity contribution is 0.719. The average Bonchev–Trinajstić information content (AvgIpc) is 2.52. The van der Waals surface area contributed by atoms with Crippen LogP contribution in [0.5, 0.6) is 0 Å². The van der Waals surface area contributed by atoms with E-state index in [1.807, 2.05) is 0 Å². The fourth-order valence-electron chi connectivity index (χ4n) is 0.997. The molecule has 66 valence electrons. The summed E-state index contributed by atoms with van der Waals surface area (Å²) in [5, 5.41) is 7.85. The molecule has 0 spiro atoms. The summed E-state index contributed by atoms with van der Waals surface area (Å²) in [7, 11) is 1.77. The predicted octanol–water partition coefficient (Wildman–Crippen LogP) is 0.925. The van der Waals surface area contributed by atoms with Gasteiger partial charge in [0.05, 0.1) is 6.20 Å². The van der Waals surface area contributed by atoms with Crippen LogP contribution in [-0.4, -0.2) is 25.0 Å². The van der Waals surface area contributed by atoms with E-state index in [4.69, 9.17) is 11.6 Å². The summed E-state index contributed by atoms with van der Waals surface area (Å²) in [4.78, 5) is 8.00. The first kappa shape index (κ1) is 8.12. The van der Waals surface area contributed by atoms with Crippen molar-refractivity contribution >= 4 is 11.6 Å². The fourth-order valence-corrected chi connectivity index (χ4v) is 1.20. The SMILES string of the molecule is Cn1nncc1-c1nccnc1Cl. The van der Waals surface area contributed by atoms with Gasteiger partial charge in [0.15, 0.2) is 5.15 Å². The highest BCUT2D eigenvalue weighted by molar-refractivity contribution is 6.31. The van der Waals surface area contributed by atoms with Gasteiger partial charge in [-0.15, -0.1) is 5.10 Å². The van der Waals surface area contributed by atoms with Gasteiger partial charge in [-0.2, -0.15) is 0 Å². The van der Waals surface area contributed by atoms with Crippen LogP contribution < -0.4 is 0 Å². The van der Waals surface area contributed by atoms with Gasteiger partial charge in [0.2, 0.25) is 0 Å². The van der Waals surface area contributed by atoms with Crippen LogP contribution in [0, 0.1) is 0 Å². The second-order valence-electron chi connectivity index (χ2n) is 2.44. The second-order valence-corrected chi connectivity index (χ2v) is 2.80. The maximum absolute atomic E-state index is 5.85. The van der Waals surface area contributed by atoms with E-state index < -0.39 is 0 Å². The Labute approximate surface area is 79.4 Å². The molecule has 2 rings (SSSR count). The van der Waals surface area contributed by atoms with Crippen LogP contribution in [-0.2, 0) is 7.05 Å². The zero-order valence-corrected chi connectivity index (χ0v) is 7.60. The Hall–Kier alpha value is -1.49. The van der Waals surface area contributed by atoms with Crippen molar-refractivity contribution in [1.82, 2.24) is 25.0 Å². The molecule has 0 amide bonds. The first-order valence-electron chi connectivity index (χ1n) is 3.60. The third-order valence-electron chi connectivity index (χ3n) is 1.61. The Balaban J connectivity index is 2.59. The number of aromatic nitrogens is 5. The first-order valence-corrected chi connectivity index (χ1v) is 3.98. The maximum atomic E-state index is 5.85. The molecule has 0 fully saturated rings. The van der Waals surface area contributed by atoms with E-state index in [9.17, 15) is 0 Å². The number of nitrogens with zero attached hydrogens (tertiary/aromatic N) is 5. The molecule has 0 aromatic carbocycles. The van der Waals surface area contributed by atoms with E-state index >= 15 is 0 Å². The van der Waals surface area contributed by atoms with Crippen LogP contribution in [0.2, 0.25) is 5.15 Å². The Bertz CT molecular complexity index is 424. The lowest BCUT2D eigenvalue weighted by Gasteiger charge is -1.99. The van der Waals surface area contributed by atoms with Crippen molar-refractivity contribution in [2.75, 3.05) is 0 Å². The average molecular weight is 196 g/mol. The Morgan fingerprint density at radius 2 is 2.08 bits per heavy atom. The van der Waals surface area contributed by atoms with Gasteiger partial charge in [0.25, 0.3) is 0 Å². The number of halogens is 1. The highest BCUT2D eigenvalue weighted by Gasteiger charge is 2.09. The molecule has 0 saturated carbocycles. The number of aryl methyl sites for hydroxylation is 1. The molecule has 2 aromatic rings. The minimum absolute atomic E-state index is 0.355. The van der Waals surface area contributed by atoms with Crippen molar-refractivity contribution in [3.63, 3.8) is 0 Å². The molecule has 5 nitrogen and oxygen atoms in total. The van der Waals surface area contributed by atoms with Gasteiger partial charge >= 0.3 is 0 Å². The third kappa shape index (κ3) is 1.38. The lowest BCUT2D eigenvalue weighted by atomic mass is 10.3. The van der Waals surface area contributed by atoms with Gasteiger partial charge in [-0.1, -0.05) is 16.8 Å². The molecule has 0 saturated heterocycles. The Morgan fingerprint density at radius 3 is 2.69 bits per heavy atom. The molecule has 2 aromatic heterocycles. The van der Waals surface area contributed by atoms with Gasteiger partial charge in [-0.25, -0.2) is 14.6 Å². The molecule has 13 heavy (non-hydrogen) atoms. The minimum atomic E-state index is 0.355. The van der Waals surface area contributed by atoms with E-state index in [0.29, 0.717) is 10.8 Å². The number of rotatable bonds is 1. The molecular weight excluding hydrogens is 190 g/mol. The minimum Gasteiger partial charge on any atom is -0.250 e. The standard InChI is InChI=1S/C7H6ClN5/c1-13-5(4-11-12-13)6-7(8)10-3-2-9-6/h2-4H,1H3. The Morgan fingerprint density at radius 1 is 1.31 bits per heavy atom. The molecule has 6 heteroatoms. The van der Waals surface area contributed by atoms with Crippen LogP contribution in [0.15, 0.2) is 18.6 Å². The van der Waals surface area contributed by atoms with Crippen molar-refractivity contribution in [3.8, 4) is 11.4 Å². The molecule has 0 bridgehead atoms. The molecule has 0 aliphatic heterocycles. The fraction of sp³-hybridized carbons (Fsp3) is 0.143. The van der Waals surface area contributed by atoms with E-state index in [0.717, 1.165) is 5.69 Å². The molecule has 0 aliphatic carbocycles. The summed E-state index contributed by atoms with van der Waals surface area (Å²) in [5.41, 5.74) is 1.34. The van der Waals surface area contributed by atoms with Crippen LogP contribution >= 0.6 is 11.6 Å². The largest absolute Gasteiger partial charge is 0.250 e. The summed E-state index contributed by atoms with van der Waals surface area (Å²) in [5.74, 6) is 0. The van der Waals surface area contributed by atoms with Crippen LogP contribution in [0.4, 0.5) is 0 Å². The van der Waals surface area contributed by atoms with Gasteiger partial charge in [-0.05, 0) is 0 Å². The molecular formula is C7H6ClN5. The van der Waals surface area contributed by atoms with Crippen molar-refractivity contribution < 1.29 is 0 Å². The van der Waals surface area contributed by atoms with Crippen molar-refractivity contribution in [2.24, 2.45) is 7.05 Å². The number of hydrogen-bond acceptors (Lipinski definition) is 4. The zero-order chi connectivity index (χ0) is 9.26. The van der Waals surface area contributed by atoms with Gasteiger partial charge in [0, 0.05) is 19.4 Å². The molecule has 2 heterocycles. The van der Waals surface area contributed by atoms with Crippen LogP contribution in [0.3, 0.4) is 0 Å². The summed E-state index contributed by atoms with van der Waals surface area (Å²) >= 11 is 5.85. The Kier molecular flexibility index (Phi) is 1.94. The zero-order valence-electron chi connectivity index (χ0n) is 6.85. The summed E-state index contributed by atoms with van der Waals surface area (Å²) in [6, 6.07) is 0. The molecule has 0 aliphatic rings. The van der Waals surface area contributed by atoms with E-state index in [-0.39, 0.29) is 0 Å². The lowest BCUT2D eigenvalue weighted by Crippen LogP contribution is -1.96. The van der Waals surface area contributed by atoms with Crippen LogP contribution in [0.25, 0.3) is 11.4 Å². The van der Waals surface area contributed by atoms with E-state index in [2.05, 4.69) is 20.3 Å². The summed E-state index contributed by atoms with van der Waals surface area (Å²) < 4.78 is 1.59. The monoisotopic (exact) mass is 195 g/mol. The predicted molar refractivity (Wildman–Crippen MR) is 47.0 cm³/mol. The molecule has 0 N–H and O–H groups in total. The van der Waals surface area contributed by atoms with Crippen LogP contribution in [0.1, 0.15) is 0 Å². The van der Waals surface area contributed by atoms with E-state index in [1.54, 1.807) is 24.1 Å². The van der Waals surface area contributed by atoms with Gasteiger partial charge < -0.3 is 0 Å². The normalized spacial score (nSPS) is 10.3. The highest BCUT2D eigenvalue weighted by Crippen LogP contribution is 2.20. The summed E-state index contributed by atoms with van der Waals surface area (Å²) in [6.45, 7) is 0. The maximum Gasteiger partial charge on any atom is 0.156 e. The van der Waals surface area contributed by atoms with Gasteiger partial charge in [-0.3, -0.25) is 0 Å². The van der Waals surface area contributed by atoms with Crippen molar-refractivity contribution in [2.45, 2.75) is 0 Å². The molecule has 0 atom stereocenters. The third-order valence-corrected chi connectivity index (χ3v) is 1.89. The highest BCUT2D eigenvalue weighted by atomic mass is 35.5. The molecule has 0 radical (unpaired) electrons. The van der Waals surface area contributed by atoms with E-state index in [1.165, 1.54) is 6.20 Å². The van der Waals surface area contributed by atoms with Crippen molar-refractivity contribution in [1.29, 1.82) is 0 Å². The summed E-state index contributed by atoms with van der Waals surface area (Å²) in [6.07, 6.45) is 4.71. The molecule has 0 unspecified atom stereocenters. The topological polar surface area (TPSA) is 56.5 Å². The quantitative estimate of drug-likeness (QED) is 0.679.